The van der Waals surface area contributed by atoms with Crippen molar-refractivity contribution in [1.82, 2.24) is 4.98 Å². The number of hydrogen-bond acceptors (Lipinski definition) is 4. The number of aliphatic hydroxyl groups excluding tert-OH is 1. The van der Waals surface area contributed by atoms with E-state index in [0.29, 0.717) is 12.0 Å². The molecule has 0 bridgehead atoms. The lowest BCUT2D eigenvalue weighted by Crippen LogP contribution is -2.20. The molecule has 0 amide bonds. The summed E-state index contributed by atoms with van der Waals surface area (Å²) in [7, 11) is -3.38. The third-order valence-electron chi connectivity index (χ3n) is 2.04. The van der Waals surface area contributed by atoms with Gasteiger partial charge < -0.3 is 5.11 Å². The third kappa shape index (κ3) is 6.22. The molecule has 0 saturated carbocycles. The SMILES string of the molecule is CC(C)CS(=O)(=O)Nc1cc(C#CCCO)ccn1. The van der Waals surface area contributed by atoms with E-state index in [0.717, 1.165) is 0 Å². The Kier molecular flexibility index (Phi) is 5.80. The van der Waals surface area contributed by atoms with E-state index in [9.17, 15) is 8.42 Å². The Morgan fingerprint density at radius 2 is 2.21 bits per heavy atom. The number of nitrogens with zero attached hydrogens (tertiary/aromatic N) is 1. The normalized spacial score (nSPS) is 10.9. The molecule has 1 rings (SSSR count). The van der Waals surface area contributed by atoms with E-state index in [1.807, 2.05) is 13.8 Å². The molecule has 0 aliphatic carbocycles. The lowest BCUT2D eigenvalue weighted by Gasteiger charge is -2.09. The first-order valence-corrected chi connectivity index (χ1v) is 7.64. The molecule has 0 atom stereocenters. The average molecular weight is 282 g/mol. The number of aliphatic hydroxyl groups is 1. The zero-order valence-corrected chi connectivity index (χ0v) is 11.9. The minimum atomic E-state index is -3.38. The van der Waals surface area contributed by atoms with Crippen molar-refractivity contribution < 1.29 is 13.5 Å². The molecule has 0 radical (unpaired) electrons. The average Bonchev–Trinajstić information content (AvgIpc) is 2.27. The quantitative estimate of drug-likeness (QED) is 0.796. The minimum absolute atomic E-state index is 0.00591. The van der Waals surface area contributed by atoms with Crippen LogP contribution in [0.1, 0.15) is 25.8 Å². The van der Waals surface area contributed by atoms with Crippen LogP contribution in [0.2, 0.25) is 0 Å². The van der Waals surface area contributed by atoms with Crippen molar-refractivity contribution in [3.63, 3.8) is 0 Å². The maximum absolute atomic E-state index is 11.8. The van der Waals surface area contributed by atoms with Crippen LogP contribution >= 0.6 is 0 Å². The van der Waals surface area contributed by atoms with E-state index in [-0.39, 0.29) is 24.1 Å². The molecule has 5 nitrogen and oxygen atoms in total. The first-order valence-electron chi connectivity index (χ1n) is 5.99. The molecule has 1 heterocycles. The van der Waals surface area contributed by atoms with Crippen LogP contribution in [0.4, 0.5) is 5.82 Å². The van der Waals surface area contributed by atoms with Gasteiger partial charge in [-0.15, -0.1) is 0 Å². The van der Waals surface area contributed by atoms with Gasteiger partial charge in [-0.3, -0.25) is 4.72 Å². The van der Waals surface area contributed by atoms with E-state index in [1.54, 1.807) is 12.1 Å². The predicted molar refractivity (Wildman–Crippen MR) is 75.1 cm³/mol. The van der Waals surface area contributed by atoms with Crippen LogP contribution < -0.4 is 4.72 Å². The van der Waals surface area contributed by atoms with Crippen LogP contribution in [0.25, 0.3) is 0 Å². The molecule has 6 heteroatoms. The summed E-state index contributed by atoms with van der Waals surface area (Å²) in [6.45, 7) is 3.68. The maximum Gasteiger partial charge on any atom is 0.234 e. The number of hydrogen-bond donors (Lipinski definition) is 2. The molecule has 0 aromatic carbocycles. The standard InChI is InChI=1S/C13H18N2O3S/c1-11(2)10-19(17,18)15-13-9-12(6-7-14-13)5-3-4-8-16/h6-7,9,11,16H,4,8,10H2,1-2H3,(H,14,15). The summed E-state index contributed by atoms with van der Waals surface area (Å²) in [4.78, 5) is 3.95. The topological polar surface area (TPSA) is 79.3 Å². The second-order valence-corrected chi connectivity index (χ2v) is 6.25. The van der Waals surface area contributed by atoms with Gasteiger partial charge >= 0.3 is 0 Å². The van der Waals surface area contributed by atoms with Crippen LogP contribution in [-0.2, 0) is 10.0 Å². The molecule has 1 aromatic heterocycles. The summed E-state index contributed by atoms with van der Waals surface area (Å²) < 4.78 is 25.9. The van der Waals surface area contributed by atoms with E-state index in [2.05, 4.69) is 21.5 Å². The smallest absolute Gasteiger partial charge is 0.234 e. The van der Waals surface area contributed by atoms with Crippen molar-refractivity contribution in [2.45, 2.75) is 20.3 Å². The van der Waals surface area contributed by atoms with Crippen molar-refractivity contribution in [1.29, 1.82) is 0 Å². The number of nitrogens with one attached hydrogen (secondary N) is 1. The Labute approximate surface area is 114 Å². The van der Waals surface area contributed by atoms with Gasteiger partial charge in [0.05, 0.1) is 12.4 Å². The minimum Gasteiger partial charge on any atom is -0.395 e. The van der Waals surface area contributed by atoms with E-state index in [4.69, 9.17) is 5.11 Å². The van der Waals surface area contributed by atoms with Crippen LogP contribution in [0.5, 0.6) is 0 Å². The molecule has 0 aliphatic heterocycles. The Bertz CT molecular complexity index is 571. The summed E-state index contributed by atoms with van der Waals surface area (Å²) in [6, 6.07) is 3.26. The summed E-state index contributed by atoms with van der Waals surface area (Å²) in [6.07, 6.45) is 1.88. The highest BCUT2D eigenvalue weighted by Gasteiger charge is 2.13. The molecule has 0 aliphatic rings. The van der Waals surface area contributed by atoms with Crippen molar-refractivity contribution in [3.8, 4) is 11.8 Å². The summed E-state index contributed by atoms with van der Waals surface area (Å²) in [5.41, 5.74) is 0.658. The number of anilines is 1. The Hall–Kier alpha value is -1.58. The zero-order chi connectivity index (χ0) is 14.3. The van der Waals surface area contributed by atoms with Gasteiger partial charge in [0.2, 0.25) is 10.0 Å². The lowest BCUT2D eigenvalue weighted by molar-refractivity contribution is 0.305. The monoisotopic (exact) mass is 282 g/mol. The fraction of sp³-hybridized carbons (Fsp3) is 0.462. The molecule has 0 saturated heterocycles. The van der Waals surface area contributed by atoms with Gasteiger partial charge in [-0.25, -0.2) is 13.4 Å². The number of sulfonamides is 1. The highest BCUT2D eigenvalue weighted by molar-refractivity contribution is 7.92. The second-order valence-electron chi connectivity index (χ2n) is 4.48. The molecular weight excluding hydrogens is 264 g/mol. The van der Waals surface area contributed by atoms with Gasteiger partial charge in [-0.1, -0.05) is 25.7 Å². The second kappa shape index (κ2) is 7.12. The number of rotatable bonds is 5. The summed E-state index contributed by atoms with van der Waals surface area (Å²) >= 11 is 0. The largest absolute Gasteiger partial charge is 0.395 e. The zero-order valence-electron chi connectivity index (χ0n) is 11.0. The molecule has 0 spiro atoms. The first-order chi connectivity index (χ1) is 8.93. The lowest BCUT2D eigenvalue weighted by atomic mass is 10.2. The fourth-order valence-corrected chi connectivity index (χ4v) is 2.82. The predicted octanol–water partition coefficient (Wildman–Crippen LogP) is 1.21. The van der Waals surface area contributed by atoms with Crippen molar-refractivity contribution in [2.24, 2.45) is 5.92 Å². The highest BCUT2D eigenvalue weighted by Crippen LogP contribution is 2.09. The van der Waals surface area contributed by atoms with Gasteiger partial charge in [-0.2, -0.15) is 0 Å². The van der Waals surface area contributed by atoms with Gasteiger partial charge in [0.15, 0.2) is 0 Å². The van der Waals surface area contributed by atoms with Gasteiger partial charge in [0.1, 0.15) is 5.82 Å². The molecule has 1 aromatic rings. The first kappa shape index (κ1) is 15.5. The highest BCUT2D eigenvalue weighted by atomic mass is 32.2. The fourth-order valence-electron chi connectivity index (χ4n) is 1.42. The van der Waals surface area contributed by atoms with Crippen LogP contribution in [-0.4, -0.2) is 30.9 Å². The van der Waals surface area contributed by atoms with Crippen molar-refractivity contribution in [3.05, 3.63) is 23.9 Å². The molecule has 104 valence electrons. The number of pyridine rings is 1. The summed E-state index contributed by atoms with van der Waals surface area (Å²) in [5, 5.41) is 8.63. The van der Waals surface area contributed by atoms with Crippen molar-refractivity contribution >= 4 is 15.8 Å². The Morgan fingerprint density at radius 1 is 1.47 bits per heavy atom. The summed E-state index contributed by atoms with van der Waals surface area (Å²) in [5.74, 6) is 5.95. The van der Waals surface area contributed by atoms with Gasteiger partial charge in [0, 0.05) is 18.2 Å². The molecule has 2 N–H and O–H groups in total. The Balaban J connectivity index is 2.81. The van der Waals surface area contributed by atoms with Crippen molar-refractivity contribution in [2.75, 3.05) is 17.1 Å². The third-order valence-corrected chi connectivity index (χ3v) is 3.67. The Morgan fingerprint density at radius 3 is 2.84 bits per heavy atom. The van der Waals surface area contributed by atoms with E-state index in [1.165, 1.54) is 6.20 Å². The van der Waals surface area contributed by atoms with Gasteiger partial charge in [-0.05, 0) is 18.1 Å². The maximum atomic E-state index is 11.8. The van der Waals surface area contributed by atoms with Crippen LogP contribution in [0.15, 0.2) is 18.3 Å². The van der Waals surface area contributed by atoms with E-state index < -0.39 is 10.0 Å². The molecule has 0 unspecified atom stereocenters. The molecule has 19 heavy (non-hydrogen) atoms. The van der Waals surface area contributed by atoms with E-state index >= 15 is 0 Å². The molecule has 0 fully saturated rings. The van der Waals surface area contributed by atoms with Crippen LogP contribution in [0.3, 0.4) is 0 Å². The van der Waals surface area contributed by atoms with Crippen LogP contribution in [0, 0.1) is 17.8 Å². The number of aromatic nitrogens is 1. The molecular formula is C13H18N2O3S. The van der Waals surface area contributed by atoms with Gasteiger partial charge in [0.25, 0.3) is 0 Å².